The van der Waals surface area contributed by atoms with E-state index in [9.17, 15) is 9.90 Å². The van der Waals surface area contributed by atoms with Gasteiger partial charge in [0.15, 0.2) is 0 Å². The van der Waals surface area contributed by atoms with Crippen molar-refractivity contribution in [2.75, 3.05) is 18.5 Å². The van der Waals surface area contributed by atoms with E-state index < -0.39 is 11.7 Å². The number of rotatable bonds is 5. The van der Waals surface area contributed by atoms with Crippen LogP contribution in [0.2, 0.25) is 0 Å². The number of aryl methyl sites for hydroxylation is 1. The number of aromatic nitrogens is 2. The lowest BCUT2D eigenvalue weighted by Gasteiger charge is -2.30. The topological polar surface area (TPSA) is 93.6 Å². The predicted octanol–water partition coefficient (Wildman–Crippen LogP) is 5.50. The predicted molar refractivity (Wildman–Crippen MR) is 141 cm³/mol. The number of anilines is 1. The van der Waals surface area contributed by atoms with E-state index in [2.05, 4.69) is 5.32 Å². The molecule has 0 spiro atoms. The number of nitrogens with one attached hydrogen (secondary N) is 1. The van der Waals surface area contributed by atoms with Crippen LogP contribution >= 0.6 is 0 Å². The summed E-state index contributed by atoms with van der Waals surface area (Å²) in [4.78, 5) is 21.2. The van der Waals surface area contributed by atoms with E-state index in [0.717, 1.165) is 56.2 Å². The highest BCUT2D eigenvalue weighted by Gasteiger charge is 2.28. The van der Waals surface area contributed by atoms with E-state index in [1.165, 1.54) is 12.5 Å². The molecule has 7 nitrogen and oxygen atoms in total. The molecule has 186 valence electrons. The van der Waals surface area contributed by atoms with Crippen LogP contribution in [-0.2, 0) is 16.0 Å². The largest absolute Gasteiger partial charge is 0.493 e. The van der Waals surface area contributed by atoms with Gasteiger partial charge < -0.3 is 19.9 Å². The zero-order valence-electron chi connectivity index (χ0n) is 21.3. The van der Waals surface area contributed by atoms with Gasteiger partial charge in [0.05, 0.1) is 29.8 Å². The van der Waals surface area contributed by atoms with E-state index in [0.29, 0.717) is 12.4 Å². The smallest absolute Gasteiger partial charge is 0.222 e. The average Bonchev–Trinajstić information content (AvgIpc) is 2.82. The SMILES string of the molecule is CC(=O)Nc1ccc2c(-c3ccc4c5c(ccnc35)CCO4)c(C(CO)OC(C)(C)C)c(C)cc2n1. The summed E-state index contributed by atoms with van der Waals surface area (Å²) in [6.45, 7) is 9.88. The van der Waals surface area contributed by atoms with Crippen molar-refractivity contribution in [3.05, 3.63) is 59.3 Å². The molecule has 1 atom stereocenters. The molecule has 0 saturated carbocycles. The molecule has 0 bridgehead atoms. The van der Waals surface area contributed by atoms with Gasteiger partial charge in [0.1, 0.15) is 17.7 Å². The molecule has 1 amide bonds. The minimum atomic E-state index is -0.554. The van der Waals surface area contributed by atoms with Crippen LogP contribution < -0.4 is 10.1 Å². The van der Waals surface area contributed by atoms with Gasteiger partial charge in [-0.1, -0.05) is 0 Å². The molecule has 7 heteroatoms. The number of hydrogen-bond donors (Lipinski definition) is 2. The normalized spacial score (nSPS) is 14.1. The Morgan fingerprint density at radius 3 is 2.75 bits per heavy atom. The van der Waals surface area contributed by atoms with E-state index >= 15 is 0 Å². The summed E-state index contributed by atoms with van der Waals surface area (Å²) in [5.41, 5.74) is 5.99. The lowest BCUT2D eigenvalue weighted by atomic mass is 9.86. The first-order chi connectivity index (χ1) is 17.2. The number of carbonyl (C=O) groups excluding carboxylic acids is 1. The molecule has 0 saturated heterocycles. The van der Waals surface area contributed by atoms with Crippen LogP contribution in [0.1, 0.15) is 50.5 Å². The van der Waals surface area contributed by atoms with Crippen LogP contribution in [-0.4, -0.2) is 39.8 Å². The number of fused-ring (bicyclic) bond motifs is 1. The number of aliphatic hydroxyl groups excluding tert-OH is 1. The molecular weight excluding hydrogens is 454 g/mol. The molecule has 2 aromatic carbocycles. The van der Waals surface area contributed by atoms with E-state index in [-0.39, 0.29) is 12.5 Å². The number of benzene rings is 2. The second kappa shape index (κ2) is 9.15. The highest BCUT2D eigenvalue weighted by molar-refractivity contribution is 6.07. The van der Waals surface area contributed by atoms with Crippen LogP contribution in [0.5, 0.6) is 5.75 Å². The van der Waals surface area contributed by atoms with Gasteiger partial charge in [0, 0.05) is 35.9 Å². The molecule has 4 aromatic rings. The summed E-state index contributed by atoms with van der Waals surface area (Å²) in [7, 11) is 0. The first-order valence-electron chi connectivity index (χ1n) is 12.2. The van der Waals surface area contributed by atoms with Crippen molar-refractivity contribution in [1.82, 2.24) is 9.97 Å². The lowest BCUT2D eigenvalue weighted by Crippen LogP contribution is -2.25. The van der Waals surface area contributed by atoms with E-state index in [1.807, 2.05) is 64.2 Å². The van der Waals surface area contributed by atoms with Crippen molar-refractivity contribution in [2.24, 2.45) is 0 Å². The summed E-state index contributed by atoms with van der Waals surface area (Å²) < 4.78 is 12.3. The molecule has 5 rings (SSSR count). The number of ether oxygens (including phenoxy) is 2. The third-order valence-corrected chi connectivity index (χ3v) is 6.37. The molecule has 2 aromatic heterocycles. The van der Waals surface area contributed by atoms with Gasteiger partial charge in [-0.15, -0.1) is 0 Å². The molecule has 0 aliphatic carbocycles. The Hall–Kier alpha value is -3.55. The molecule has 0 radical (unpaired) electrons. The second-order valence-corrected chi connectivity index (χ2v) is 10.2. The number of amides is 1. The molecule has 0 fully saturated rings. The van der Waals surface area contributed by atoms with Crippen molar-refractivity contribution in [3.63, 3.8) is 0 Å². The molecule has 1 unspecified atom stereocenters. The van der Waals surface area contributed by atoms with Crippen LogP contribution in [0.25, 0.3) is 32.9 Å². The first-order valence-corrected chi connectivity index (χ1v) is 12.2. The Bertz CT molecular complexity index is 1480. The lowest BCUT2D eigenvalue weighted by molar-refractivity contribution is -0.114. The molecule has 2 N–H and O–H groups in total. The van der Waals surface area contributed by atoms with Gasteiger partial charge in [0.2, 0.25) is 5.91 Å². The minimum absolute atomic E-state index is 0.175. The standard InChI is InChI=1S/C29H31N3O4/c1-16-14-21-19(7-9-24(32-21)31-17(2)34)27(25(16)23(15-33)36-29(3,4)5)20-6-8-22-26-18(11-13-35-22)10-12-30-28(20)26/h6-10,12,14,23,33H,11,13,15H2,1-5H3,(H,31,32,34). The Morgan fingerprint density at radius 2 is 2.03 bits per heavy atom. The maximum atomic E-state index is 11.6. The molecular formula is C29H31N3O4. The van der Waals surface area contributed by atoms with Crippen molar-refractivity contribution < 1.29 is 19.4 Å². The van der Waals surface area contributed by atoms with Crippen LogP contribution in [0.4, 0.5) is 5.82 Å². The zero-order chi connectivity index (χ0) is 25.6. The summed E-state index contributed by atoms with van der Waals surface area (Å²) in [6.07, 6.45) is 2.11. The van der Waals surface area contributed by atoms with Gasteiger partial charge in [0.25, 0.3) is 0 Å². The fourth-order valence-electron chi connectivity index (χ4n) is 5.09. The van der Waals surface area contributed by atoms with Gasteiger partial charge >= 0.3 is 0 Å². The number of aliphatic hydroxyl groups is 1. The van der Waals surface area contributed by atoms with Crippen LogP contribution in [0.15, 0.2) is 42.6 Å². The molecule has 3 heterocycles. The van der Waals surface area contributed by atoms with Crippen LogP contribution in [0.3, 0.4) is 0 Å². The molecule has 1 aliphatic rings. The Balaban J connectivity index is 1.86. The van der Waals surface area contributed by atoms with E-state index in [4.69, 9.17) is 19.4 Å². The van der Waals surface area contributed by atoms with Gasteiger partial charge in [-0.25, -0.2) is 4.98 Å². The Morgan fingerprint density at radius 1 is 1.22 bits per heavy atom. The number of pyridine rings is 2. The summed E-state index contributed by atoms with van der Waals surface area (Å²) >= 11 is 0. The van der Waals surface area contributed by atoms with Crippen LogP contribution in [0, 0.1) is 6.92 Å². The van der Waals surface area contributed by atoms with Crippen molar-refractivity contribution in [1.29, 1.82) is 0 Å². The summed E-state index contributed by atoms with van der Waals surface area (Å²) in [6, 6.07) is 11.8. The number of carbonyl (C=O) groups is 1. The maximum Gasteiger partial charge on any atom is 0.222 e. The Kier molecular flexibility index (Phi) is 6.14. The fraction of sp³-hybridized carbons (Fsp3) is 0.345. The quantitative estimate of drug-likeness (QED) is 0.388. The van der Waals surface area contributed by atoms with Crippen molar-refractivity contribution in [2.45, 2.75) is 52.7 Å². The highest BCUT2D eigenvalue weighted by Crippen LogP contribution is 2.44. The molecule has 36 heavy (non-hydrogen) atoms. The van der Waals surface area contributed by atoms with Gasteiger partial charge in [-0.3, -0.25) is 9.78 Å². The summed E-state index contributed by atoms with van der Waals surface area (Å²) in [5, 5.41) is 15.2. The maximum absolute atomic E-state index is 11.6. The molecule has 1 aliphatic heterocycles. The summed E-state index contributed by atoms with van der Waals surface area (Å²) in [5.74, 6) is 1.14. The highest BCUT2D eigenvalue weighted by atomic mass is 16.5. The third-order valence-electron chi connectivity index (χ3n) is 6.37. The van der Waals surface area contributed by atoms with Crippen molar-refractivity contribution in [3.8, 4) is 16.9 Å². The zero-order valence-corrected chi connectivity index (χ0v) is 21.3. The van der Waals surface area contributed by atoms with Crippen molar-refractivity contribution >= 4 is 33.5 Å². The fourth-order valence-corrected chi connectivity index (χ4v) is 5.09. The third kappa shape index (κ3) is 4.40. The minimum Gasteiger partial charge on any atom is -0.493 e. The number of nitrogens with zero attached hydrogens (tertiary/aromatic N) is 2. The first kappa shape index (κ1) is 24.2. The monoisotopic (exact) mass is 485 g/mol. The second-order valence-electron chi connectivity index (χ2n) is 10.2. The van der Waals surface area contributed by atoms with E-state index in [1.54, 1.807) is 6.07 Å². The van der Waals surface area contributed by atoms with Gasteiger partial charge in [-0.2, -0.15) is 0 Å². The van der Waals surface area contributed by atoms with Gasteiger partial charge in [-0.05, 0) is 86.3 Å². The number of hydrogen-bond acceptors (Lipinski definition) is 6. The Labute approximate surface area is 210 Å². The average molecular weight is 486 g/mol.